The third kappa shape index (κ3) is 5.61. The number of aromatic nitrogens is 2. The first-order chi connectivity index (χ1) is 16.6. The molecule has 1 aromatic heterocycles. The van der Waals surface area contributed by atoms with Crippen molar-refractivity contribution in [2.75, 3.05) is 19.4 Å². The Morgan fingerprint density at radius 1 is 1.09 bits per heavy atom. The van der Waals surface area contributed by atoms with E-state index < -0.39 is 0 Å². The predicted octanol–water partition coefficient (Wildman–Crippen LogP) is 4.89. The standard InChI is InChI=1S/C26H24ClN3O3S/c1-33-23-14-13-19(16-21(23)27)30-25(32)20-11-5-6-12-22(20)29-26(30)34-17-24(31)28-15-7-10-18-8-3-2-4-9-18/h2-6,8-9,11-14,16H,7,10,15,17H2,1H3,(H,28,31). The summed E-state index contributed by atoms with van der Waals surface area (Å²) < 4.78 is 6.71. The van der Waals surface area contributed by atoms with Gasteiger partial charge in [-0.15, -0.1) is 0 Å². The number of carbonyl (C=O) groups is 1. The Morgan fingerprint density at radius 3 is 2.62 bits per heavy atom. The summed E-state index contributed by atoms with van der Waals surface area (Å²) in [4.78, 5) is 30.5. The number of ether oxygens (including phenoxy) is 1. The number of hydrogen-bond donors (Lipinski definition) is 1. The summed E-state index contributed by atoms with van der Waals surface area (Å²) in [5.41, 5.74) is 2.15. The number of fused-ring (bicyclic) bond motifs is 1. The van der Waals surface area contributed by atoms with E-state index in [0.29, 0.717) is 39.1 Å². The van der Waals surface area contributed by atoms with Crippen LogP contribution in [0.25, 0.3) is 16.6 Å². The number of benzene rings is 3. The quantitative estimate of drug-likeness (QED) is 0.204. The first-order valence-electron chi connectivity index (χ1n) is 10.9. The van der Waals surface area contributed by atoms with Gasteiger partial charge in [-0.2, -0.15) is 0 Å². The number of carbonyl (C=O) groups excluding carboxylic acids is 1. The van der Waals surface area contributed by atoms with Gasteiger partial charge in [0.05, 0.1) is 34.5 Å². The topological polar surface area (TPSA) is 73.2 Å². The van der Waals surface area contributed by atoms with Gasteiger partial charge in [0.15, 0.2) is 5.16 Å². The van der Waals surface area contributed by atoms with Gasteiger partial charge in [-0.05, 0) is 48.7 Å². The molecule has 0 bridgehead atoms. The third-order valence-electron chi connectivity index (χ3n) is 5.28. The van der Waals surface area contributed by atoms with Gasteiger partial charge in [-0.25, -0.2) is 4.98 Å². The molecule has 0 unspecified atom stereocenters. The van der Waals surface area contributed by atoms with Crippen LogP contribution in [-0.2, 0) is 11.2 Å². The molecule has 6 nitrogen and oxygen atoms in total. The SMILES string of the molecule is COc1ccc(-n2c(SCC(=O)NCCCc3ccccc3)nc3ccccc3c2=O)cc1Cl. The number of hydrogen-bond acceptors (Lipinski definition) is 5. The highest BCUT2D eigenvalue weighted by Gasteiger charge is 2.16. The fraction of sp³-hybridized carbons (Fsp3) is 0.192. The molecule has 0 saturated heterocycles. The highest BCUT2D eigenvalue weighted by atomic mass is 35.5. The summed E-state index contributed by atoms with van der Waals surface area (Å²) in [5.74, 6) is 0.538. The average Bonchev–Trinajstić information content (AvgIpc) is 2.86. The van der Waals surface area contributed by atoms with Crippen LogP contribution < -0.4 is 15.6 Å². The molecule has 8 heteroatoms. The summed E-state index contributed by atoms with van der Waals surface area (Å²) in [6.45, 7) is 0.584. The van der Waals surface area contributed by atoms with Gasteiger partial charge in [0, 0.05) is 6.54 Å². The number of rotatable bonds is 9. The zero-order valence-electron chi connectivity index (χ0n) is 18.7. The van der Waals surface area contributed by atoms with Crippen LogP contribution in [-0.4, -0.2) is 34.9 Å². The lowest BCUT2D eigenvalue weighted by atomic mass is 10.1. The second kappa shape index (κ2) is 11.2. The minimum Gasteiger partial charge on any atom is -0.495 e. The summed E-state index contributed by atoms with van der Waals surface area (Å²) >= 11 is 7.53. The van der Waals surface area contributed by atoms with E-state index in [1.807, 2.05) is 24.3 Å². The molecule has 0 saturated carbocycles. The second-order valence-electron chi connectivity index (χ2n) is 7.60. The fourth-order valence-corrected chi connectivity index (χ4v) is 4.67. The van der Waals surface area contributed by atoms with Gasteiger partial charge >= 0.3 is 0 Å². The predicted molar refractivity (Wildman–Crippen MR) is 137 cm³/mol. The molecular formula is C26H24ClN3O3S. The third-order valence-corrected chi connectivity index (χ3v) is 6.51. The molecule has 1 amide bonds. The molecular weight excluding hydrogens is 470 g/mol. The number of para-hydroxylation sites is 1. The lowest BCUT2D eigenvalue weighted by Crippen LogP contribution is -2.27. The van der Waals surface area contributed by atoms with E-state index in [2.05, 4.69) is 22.4 Å². The van der Waals surface area contributed by atoms with Crippen LogP contribution >= 0.6 is 23.4 Å². The first kappa shape index (κ1) is 23.9. The number of amides is 1. The second-order valence-corrected chi connectivity index (χ2v) is 8.95. The van der Waals surface area contributed by atoms with E-state index in [-0.39, 0.29) is 17.2 Å². The normalized spacial score (nSPS) is 10.9. The largest absolute Gasteiger partial charge is 0.495 e. The van der Waals surface area contributed by atoms with Crippen molar-refractivity contribution in [3.63, 3.8) is 0 Å². The average molecular weight is 494 g/mol. The maximum Gasteiger partial charge on any atom is 0.266 e. The number of thioether (sulfide) groups is 1. The van der Waals surface area contributed by atoms with E-state index >= 15 is 0 Å². The number of nitrogens with zero attached hydrogens (tertiary/aromatic N) is 2. The molecule has 0 atom stereocenters. The molecule has 1 N–H and O–H groups in total. The van der Waals surface area contributed by atoms with E-state index in [0.717, 1.165) is 12.8 Å². The van der Waals surface area contributed by atoms with Gasteiger partial charge in [0.1, 0.15) is 5.75 Å². The molecule has 1 heterocycles. The van der Waals surface area contributed by atoms with Gasteiger partial charge in [0.25, 0.3) is 5.56 Å². The lowest BCUT2D eigenvalue weighted by molar-refractivity contribution is -0.118. The Morgan fingerprint density at radius 2 is 1.85 bits per heavy atom. The Bertz CT molecular complexity index is 1360. The van der Waals surface area contributed by atoms with Crippen LogP contribution in [0.4, 0.5) is 0 Å². The van der Waals surface area contributed by atoms with Crippen molar-refractivity contribution < 1.29 is 9.53 Å². The zero-order chi connectivity index (χ0) is 23.9. The van der Waals surface area contributed by atoms with Gasteiger partial charge < -0.3 is 10.1 Å². The molecule has 0 radical (unpaired) electrons. The molecule has 0 spiro atoms. The summed E-state index contributed by atoms with van der Waals surface area (Å²) in [6, 6.07) is 22.4. The van der Waals surface area contributed by atoms with Crippen molar-refractivity contribution in [3.05, 3.63) is 93.7 Å². The summed E-state index contributed by atoms with van der Waals surface area (Å²) in [7, 11) is 1.53. The smallest absolute Gasteiger partial charge is 0.266 e. The Kier molecular flexibility index (Phi) is 7.87. The minimum atomic E-state index is -0.224. The molecule has 34 heavy (non-hydrogen) atoms. The Hall–Kier alpha value is -3.29. The van der Waals surface area contributed by atoms with Crippen molar-refractivity contribution in [1.82, 2.24) is 14.9 Å². The molecule has 3 aromatic carbocycles. The van der Waals surface area contributed by atoms with Crippen LogP contribution in [0.1, 0.15) is 12.0 Å². The van der Waals surface area contributed by atoms with Crippen molar-refractivity contribution in [2.45, 2.75) is 18.0 Å². The van der Waals surface area contributed by atoms with Crippen LogP contribution in [0, 0.1) is 0 Å². The van der Waals surface area contributed by atoms with E-state index in [4.69, 9.17) is 16.3 Å². The number of nitrogens with one attached hydrogen (secondary N) is 1. The Labute approximate surface area is 206 Å². The summed E-state index contributed by atoms with van der Waals surface area (Å²) in [6.07, 6.45) is 1.75. The van der Waals surface area contributed by atoms with E-state index in [1.165, 1.54) is 29.0 Å². The van der Waals surface area contributed by atoms with Gasteiger partial charge in [0.2, 0.25) is 5.91 Å². The molecule has 0 aliphatic rings. The molecule has 0 fully saturated rings. The van der Waals surface area contributed by atoms with Crippen molar-refractivity contribution in [2.24, 2.45) is 0 Å². The molecule has 0 aliphatic heterocycles. The number of methoxy groups -OCH3 is 1. The van der Waals surface area contributed by atoms with E-state index in [1.54, 1.807) is 36.4 Å². The number of aryl methyl sites for hydroxylation is 1. The monoisotopic (exact) mass is 493 g/mol. The van der Waals surface area contributed by atoms with Crippen LogP contribution in [0.2, 0.25) is 5.02 Å². The molecule has 174 valence electrons. The molecule has 4 aromatic rings. The van der Waals surface area contributed by atoms with Crippen molar-refractivity contribution >= 4 is 40.2 Å². The van der Waals surface area contributed by atoms with Crippen molar-refractivity contribution in [1.29, 1.82) is 0 Å². The van der Waals surface area contributed by atoms with Gasteiger partial charge in [-0.1, -0.05) is 65.8 Å². The zero-order valence-corrected chi connectivity index (χ0v) is 20.2. The highest BCUT2D eigenvalue weighted by Crippen LogP contribution is 2.28. The summed E-state index contributed by atoms with van der Waals surface area (Å²) in [5, 5.41) is 4.24. The maximum atomic E-state index is 13.3. The first-order valence-corrected chi connectivity index (χ1v) is 12.2. The van der Waals surface area contributed by atoms with E-state index in [9.17, 15) is 9.59 Å². The molecule has 0 aliphatic carbocycles. The maximum absolute atomic E-state index is 13.3. The molecule has 4 rings (SSSR count). The minimum absolute atomic E-state index is 0.111. The van der Waals surface area contributed by atoms with Gasteiger partial charge in [-0.3, -0.25) is 14.2 Å². The highest BCUT2D eigenvalue weighted by molar-refractivity contribution is 7.99. The number of halogens is 1. The lowest BCUT2D eigenvalue weighted by Gasteiger charge is -2.14. The van der Waals surface area contributed by atoms with Crippen LogP contribution in [0.3, 0.4) is 0 Å². The van der Waals surface area contributed by atoms with Crippen LogP contribution in [0.5, 0.6) is 5.75 Å². The van der Waals surface area contributed by atoms with Crippen LogP contribution in [0.15, 0.2) is 82.7 Å². The fourth-order valence-electron chi connectivity index (χ4n) is 3.58. The van der Waals surface area contributed by atoms with Crippen molar-refractivity contribution in [3.8, 4) is 11.4 Å². The Balaban J connectivity index is 1.51.